The highest BCUT2D eigenvalue weighted by molar-refractivity contribution is 6.31. The smallest absolute Gasteiger partial charge is 0.406 e. The molecule has 0 bridgehead atoms. The van der Waals surface area contributed by atoms with Crippen LogP contribution in [0.1, 0.15) is 51.0 Å². The summed E-state index contributed by atoms with van der Waals surface area (Å²) in [4.78, 5) is 47.2. The van der Waals surface area contributed by atoms with Crippen molar-refractivity contribution in [2.75, 3.05) is 24.5 Å². The molecule has 13 heteroatoms. The Kier molecular flexibility index (Phi) is 8.30. The normalized spacial score (nSPS) is 17.1. The summed E-state index contributed by atoms with van der Waals surface area (Å²) < 4.78 is 44.6. The topological polar surface area (TPSA) is 89.7 Å². The number of amides is 2. The van der Waals surface area contributed by atoms with Gasteiger partial charge in [0, 0.05) is 44.6 Å². The number of fused-ring (bicyclic) bond motifs is 1. The molecule has 5 rings (SSSR count). The number of nitrogens with zero attached hydrogens (tertiary/aromatic N) is 5. The van der Waals surface area contributed by atoms with Crippen molar-refractivity contribution >= 4 is 34.5 Å². The number of benzene rings is 1. The van der Waals surface area contributed by atoms with E-state index < -0.39 is 17.5 Å². The van der Waals surface area contributed by atoms with Gasteiger partial charge in [0.1, 0.15) is 5.75 Å². The van der Waals surface area contributed by atoms with Crippen molar-refractivity contribution in [1.29, 1.82) is 0 Å². The summed E-state index contributed by atoms with van der Waals surface area (Å²) >= 11 is 6.09. The lowest BCUT2D eigenvalue weighted by Gasteiger charge is -2.38. The summed E-state index contributed by atoms with van der Waals surface area (Å²) in [6.45, 7) is 1.12. The number of halogens is 4. The lowest BCUT2D eigenvalue weighted by molar-refractivity contribution is -0.274. The van der Waals surface area contributed by atoms with E-state index in [1.54, 1.807) is 15.9 Å². The lowest BCUT2D eigenvalue weighted by Crippen LogP contribution is -2.50. The molecule has 2 fully saturated rings. The van der Waals surface area contributed by atoms with Crippen LogP contribution >= 0.6 is 11.6 Å². The number of anilines is 1. The molecule has 1 saturated heterocycles. The van der Waals surface area contributed by atoms with Gasteiger partial charge in [-0.2, -0.15) is 0 Å². The predicted molar refractivity (Wildman–Crippen MR) is 149 cm³/mol. The van der Waals surface area contributed by atoms with E-state index in [9.17, 15) is 27.6 Å². The SMILES string of the molecule is Cn1c(=O)c(=O)n(C2CCN(C(=O)N(CC3CCCCC3)c3ccc(OC(F)(F)F)cc3)CC2)c2ncc(Cl)cc21. The predicted octanol–water partition coefficient (Wildman–Crippen LogP) is 5.49. The van der Waals surface area contributed by atoms with Crippen molar-refractivity contribution in [3.63, 3.8) is 0 Å². The number of pyridine rings is 1. The molecule has 2 amide bonds. The molecular formula is C28H31ClF3N5O4. The van der Waals surface area contributed by atoms with Crippen LogP contribution in [0.25, 0.3) is 11.2 Å². The average Bonchev–Trinajstić information content (AvgIpc) is 2.95. The molecule has 1 aromatic carbocycles. The summed E-state index contributed by atoms with van der Waals surface area (Å²) in [5.74, 6) is -0.0617. The molecule has 0 atom stereocenters. The number of hydrogen-bond donors (Lipinski definition) is 0. The number of alkyl halides is 3. The quantitative estimate of drug-likeness (QED) is 0.365. The zero-order chi connectivity index (χ0) is 29.3. The van der Waals surface area contributed by atoms with Crippen LogP contribution in [0.4, 0.5) is 23.7 Å². The van der Waals surface area contributed by atoms with Crippen molar-refractivity contribution in [1.82, 2.24) is 19.0 Å². The maximum absolute atomic E-state index is 13.8. The van der Waals surface area contributed by atoms with Gasteiger partial charge in [0.05, 0.1) is 10.5 Å². The fraction of sp³-hybridized carbons (Fsp3) is 0.500. The third-order valence-corrected chi connectivity index (χ3v) is 8.20. The number of hydrogen-bond acceptors (Lipinski definition) is 5. The number of likely N-dealkylation sites (tertiary alicyclic amines) is 1. The molecule has 2 aliphatic rings. The summed E-state index contributed by atoms with van der Waals surface area (Å²) in [6, 6.07) is 6.36. The van der Waals surface area contributed by atoms with Gasteiger partial charge in [0.25, 0.3) is 0 Å². The Morgan fingerprint density at radius 2 is 1.71 bits per heavy atom. The van der Waals surface area contributed by atoms with Crippen molar-refractivity contribution < 1.29 is 22.7 Å². The largest absolute Gasteiger partial charge is 0.573 e. The average molecular weight is 594 g/mol. The minimum absolute atomic E-state index is 0.246. The van der Waals surface area contributed by atoms with Crippen LogP contribution < -0.4 is 20.8 Å². The Morgan fingerprint density at radius 1 is 1.05 bits per heavy atom. The first kappa shape index (κ1) is 29.0. The second kappa shape index (κ2) is 11.8. The first-order chi connectivity index (χ1) is 19.5. The van der Waals surface area contributed by atoms with E-state index in [1.807, 2.05) is 0 Å². The molecule has 3 aromatic rings. The maximum Gasteiger partial charge on any atom is 0.573 e. The summed E-state index contributed by atoms with van der Waals surface area (Å²) in [7, 11) is 1.50. The van der Waals surface area contributed by atoms with Gasteiger partial charge < -0.3 is 14.2 Å². The molecular weight excluding hydrogens is 563 g/mol. The van der Waals surface area contributed by atoms with E-state index in [2.05, 4.69) is 9.72 Å². The van der Waals surface area contributed by atoms with Gasteiger partial charge >= 0.3 is 23.5 Å². The third-order valence-electron chi connectivity index (χ3n) is 7.99. The minimum Gasteiger partial charge on any atom is -0.406 e. The second-order valence-electron chi connectivity index (χ2n) is 10.7. The van der Waals surface area contributed by atoms with Crippen LogP contribution in [0.15, 0.2) is 46.1 Å². The van der Waals surface area contributed by atoms with Crippen LogP contribution in [-0.4, -0.2) is 51.0 Å². The standard InChI is InChI=1S/C28H31ClF3N5O4/c1-34-23-15-19(29)16-33-24(23)37(26(39)25(34)38)21-11-13-35(14-12-21)27(40)36(17-18-5-3-2-4-6-18)20-7-9-22(10-8-20)41-28(30,31)32/h7-10,15-16,18,21H,2-6,11-14,17H2,1H3. The molecule has 220 valence electrons. The van der Waals surface area contributed by atoms with Crippen molar-refractivity contribution in [2.24, 2.45) is 13.0 Å². The highest BCUT2D eigenvalue weighted by Gasteiger charge is 2.33. The number of aromatic nitrogens is 3. The zero-order valence-corrected chi connectivity index (χ0v) is 23.3. The van der Waals surface area contributed by atoms with Gasteiger partial charge in [-0.15, -0.1) is 13.2 Å². The number of urea groups is 1. The molecule has 2 aromatic heterocycles. The van der Waals surface area contributed by atoms with Gasteiger partial charge in [0.15, 0.2) is 5.65 Å². The molecule has 41 heavy (non-hydrogen) atoms. The van der Waals surface area contributed by atoms with Crippen LogP contribution in [0.2, 0.25) is 5.02 Å². The Labute approximate surface area is 239 Å². The van der Waals surface area contributed by atoms with Gasteiger partial charge in [-0.25, -0.2) is 9.78 Å². The number of piperidine rings is 1. The van der Waals surface area contributed by atoms with Crippen LogP contribution in [0.5, 0.6) is 5.75 Å². The van der Waals surface area contributed by atoms with Crippen LogP contribution in [0.3, 0.4) is 0 Å². The van der Waals surface area contributed by atoms with Crippen LogP contribution in [-0.2, 0) is 7.05 Å². The Balaban J connectivity index is 1.37. The first-order valence-corrected chi connectivity index (χ1v) is 14.1. The molecule has 1 saturated carbocycles. The minimum atomic E-state index is -4.80. The number of carbonyl (C=O) groups excluding carboxylic acids is 1. The van der Waals surface area contributed by atoms with Gasteiger partial charge in [-0.05, 0) is 61.9 Å². The highest BCUT2D eigenvalue weighted by atomic mass is 35.5. The Bertz CT molecular complexity index is 1530. The number of carbonyl (C=O) groups is 1. The monoisotopic (exact) mass is 593 g/mol. The maximum atomic E-state index is 13.8. The lowest BCUT2D eigenvalue weighted by atomic mass is 9.89. The van der Waals surface area contributed by atoms with Gasteiger partial charge in [-0.3, -0.25) is 19.1 Å². The summed E-state index contributed by atoms with van der Waals surface area (Å²) in [5, 5.41) is 0.342. The third kappa shape index (κ3) is 6.37. The van der Waals surface area contributed by atoms with Crippen molar-refractivity contribution in [3.05, 3.63) is 62.3 Å². The van der Waals surface area contributed by atoms with Gasteiger partial charge in [0.2, 0.25) is 0 Å². The Morgan fingerprint density at radius 3 is 2.34 bits per heavy atom. The molecule has 0 unspecified atom stereocenters. The highest BCUT2D eigenvalue weighted by Crippen LogP contribution is 2.31. The van der Waals surface area contributed by atoms with Crippen molar-refractivity contribution in [2.45, 2.75) is 57.3 Å². The molecule has 0 spiro atoms. The number of rotatable bonds is 5. The van der Waals surface area contributed by atoms with Gasteiger partial charge in [-0.1, -0.05) is 30.9 Å². The van der Waals surface area contributed by atoms with E-state index in [0.717, 1.165) is 32.1 Å². The fourth-order valence-electron chi connectivity index (χ4n) is 5.88. The fourth-order valence-corrected chi connectivity index (χ4v) is 6.03. The van der Waals surface area contributed by atoms with E-state index in [0.29, 0.717) is 60.3 Å². The molecule has 3 heterocycles. The van der Waals surface area contributed by atoms with E-state index in [4.69, 9.17) is 11.6 Å². The Hall–Kier alpha value is -3.54. The molecule has 1 aliphatic heterocycles. The zero-order valence-electron chi connectivity index (χ0n) is 22.6. The van der Waals surface area contributed by atoms with E-state index in [1.165, 1.54) is 46.6 Å². The molecule has 9 nitrogen and oxygen atoms in total. The van der Waals surface area contributed by atoms with E-state index >= 15 is 0 Å². The first-order valence-electron chi connectivity index (χ1n) is 13.7. The van der Waals surface area contributed by atoms with Crippen molar-refractivity contribution in [3.8, 4) is 5.75 Å². The number of ether oxygens (including phenoxy) is 1. The second-order valence-corrected chi connectivity index (χ2v) is 11.1. The molecule has 0 radical (unpaired) electrons. The van der Waals surface area contributed by atoms with Crippen LogP contribution in [0, 0.1) is 5.92 Å². The molecule has 1 aliphatic carbocycles. The summed E-state index contributed by atoms with van der Waals surface area (Å²) in [5.41, 5.74) is -0.0768. The molecule has 0 N–H and O–H groups in total. The van der Waals surface area contributed by atoms with E-state index in [-0.39, 0.29) is 17.8 Å². The summed E-state index contributed by atoms with van der Waals surface area (Å²) in [6.07, 6.45) is 2.75. The number of aryl methyl sites for hydroxylation is 1.